The summed E-state index contributed by atoms with van der Waals surface area (Å²) < 4.78 is 0. The normalized spacial score (nSPS) is 15.2. The van der Waals surface area contributed by atoms with E-state index in [1.54, 1.807) is 0 Å². The first-order valence-corrected chi connectivity index (χ1v) is 10.8. The molecule has 0 amide bonds. The fourth-order valence-corrected chi connectivity index (χ4v) is 4.33. The quantitative estimate of drug-likeness (QED) is 0.616. The van der Waals surface area contributed by atoms with Crippen LogP contribution < -0.4 is 10.2 Å². The number of rotatable bonds is 4. The fourth-order valence-electron chi connectivity index (χ4n) is 4.33. The summed E-state index contributed by atoms with van der Waals surface area (Å²) in [5.74, 6) is 0.687. The summed E-state index contributed by atoms with van der Waals surface area (Å²) in [7, 11) is 2.12. The third-order valence-corrected chi connectivity index (χ3v) is 6.34. The Balaban J connectivity index is 1.77. The van der Waals surface area contributed by atoms with E-state index in [4.69, 9.17) is 6.57 Å². The van der Waals surface area contributed by atoms with E-state index in [0.717, 1.165) is 59.5 Å². The molecule has 2 heterocycles. The molecule has 0 bridgehead atoms. The highest BCUT2D eigenvalue weighted by Crippen LogP contribution is 2.38. The van der Waals surface area contributed by atoms with Crippen molar-refractivity contribution in [2.75, 3.05) is 43.4 Å². The Morgan fingerprint density at radius 1 is 1.12 bits per heavy atom. The number of hydrogen-bond acceptors (Lipinski definition) is 6. The summed E-state index contributed by atoms with van der Waals surface area (Å²) in [4.78, 5) is 8.41. The van der Waals surface area contributed by atoms with Crippen LogP contribution >= 0.6 is 0 Å². The van der Waals surface area contributed by atoms with Gasteiger partial charge in [0.15, 0.2) is 5.82 Å². The van der Waals surface area contributed by atoms with E-state index in [-0.39, 0.29) is 6.04 Å². The van der Waals surface area contributed by atoms with Crippen molar-refractivity contribution in [3.63, 3.8) is 0 Å². The second-order valence-electron chi connectivity index (χ2n) is 8.42. The molecule has 4 rings (SSSR count). The highest BCUT2D eigenvalue weighted by molar-refractivity contribution is 5.99. The Kier molecular flexibility index (Phi) is 5.94. The van der Waals surface area contributed by atoms with Gasteiger partial charge in [-0.25, -0.2) is 4.85 Å². The third-order valence-electron chi connectivity index (χ3n) is 6.34. The molecule has 0 spiro atoms. The van der Waals surface area contributed by atoms with Crippen molar-refractivity contribution >= 4 is 28.0 Å². The van der Waals surface area contributed by atoms with E-state index >= 15 is 0 Å². The van der Waals surface area contributed by atoms with Gasteiger partial charge in [0.25, 0.3) is 0 Å². The van der Waals surface area contributed by atoms with Gasteiger partial charge in [-0.2, -0.15) is 10.4 Å². The van der Waals surface area contributed by atoms with Crippen LogP contribution in [-0.2, 0) is 0 Å². The van der Waals surface area contributed by atoms with Crippen molar-refractivity contribution in [1.82, 2.24) is 15.1 Å². The van der Waals surface area contributed by atoms with E-state index in [1.807, 2.05) is 38.1 Å². The van der Waals surface area contributed by atoms with Crippen LogP contribution in [0.2, 0.25) is 0 Å². The Labute approximate surface area is 189 Å². The van der Waals surface area contributed by atoms with Crippen molar-refractivity contribution in [3.05, 3.63) is 64.1 Å². The zero-order valence-corrected chi connectivity index (χ0v) is 19.0. The predicted molar refractivity (Wildman–Crippen MR) is 128 cm³/mol. The van der Waals surface area contributed by atoms with Crippen LogP contribution in [0.3, 0.4) is 0 Å². The molecule has 1 fully saturated rings. The molecule has 162 valence electrons. The molecule has 1 aliphatic rings. The van der Waals surface area contributed by atoms with Crippen molar-refractivity contribution in [3.8, 4) is 6.07 Å². The van der Waals surface area contributed by atoms with Crippen molar-refractivity contribution < 1.29 is 0 Å². The lowest BCUT2D eigenvalue weighted by atomic mass is 9.98. The minimum Gasteiger partial charge on any atom is -0.378 e. The maximum Gasteiger partial charge on any atom is 0.210 e. The van der Waals surface area contributed by atoms with Gasteiger partial charge < -0.3 is 15.1 Å². The van der Waals surface area contributed by atoms with Crippen LogP contribution in [0.15, 0.2) is 30.3 Å². The number of nitrogens with zero attached hydrogens (tertiary/aromatic N) is 6. The molecule has 0 radical (unpaired) electrons. The summed E-state index contributed by atoms with van der Waals surface area (Å²) in [5, 5.41) is 23.6. The lowest BCUT2D eigenvalue weighted by Crippen LogP contribution is -2.44. The van der Waals surface area contributed by atoms with Crippen molar-refractivity contribution in [2.24, 2.45) is 0 Å². The molecule has 1 atom stereocenters. The van der Waals surface area contributed by atoms with E-state index in [1.165, 1.54) is 0 Å². The number of nitriles is 1. The Bertz CT molecular complexity index is 1240. The number of aromatic nitrogens is 2. The van der Waals surface area contributed by atoms with Crippen LogP contribution in [0.1, 0.15) is 35.3 Å². The average Bonchev–Trinajstić information content (AvgIpc) is 2.80. The van der Waals surface area contributed by atoms with Gasteiger partial charge in [0.1, 0.15) is 0 Å². The lowest BCUT2D eigenvalue weighted by Gasteiger charge is -2.35. The number of piperazine rings is 1. The molecule has 0 aliphatic carbocycles. The lowest BCUT2D eigenvalue weighted by molar-refractivity contribution is 0.313. The second-order valence-corrected chi connectivity index (χ2v) is 8.42. The molecule has 0 saturated carbocycles. The van der Waals surface area contributed by atoms with E-state index < -0.39 is 0 Å². The van der Waals surface area contributed by atoms with Crippen LogP contribution in [0.25, 0.3) is 15.6 Å². The number of nitrogens with one attached hydrogen (secondary N) is 1. The maximum atomic E-state index is 9.38. The van der Waals surface area contributed by atoms with Gasteiger partial charge in [-0.1, -0.05) is 12.1 Å². The zero-order chi connectivity index (χ0) is 22.8. The first-order valence-electron chi connectivity index (χ1n) is 10.8. The summed E-state index contributed by atoms with van der Waals surface area (Å²) in [6.07, 6.45) is 0. The highest BCUT2D eigenvalue weighted by Gasteiger charge is 2.21. The third kappa shape index (κ3) is 3.95. The second kappa shape index (κ2) is 8.82. The topological polar surface area (TPSA) is 72.4 Å². The molecule has 7 heteroatoms. The van der Waals surface area contributed by atoms with Gasteiger partial charge in [0.05, 0.1) is 29.9 Å². The molecule has 3 aromatic rings. The Morgan fingerprint density at radius 3 is 2.56 bits per heavy atom. The first-order chi connectivity index (χ1) is 15.4. The van der Waals surface area contributed by atoms with Crippen molar-refractivity contribution in [1.29, 1.82) is 5.26 Å². The fraction of sp³-hybridized carbons (Fsp3) is 0.360. The average molecular weight is 426 g/mol. The molecule has 1 saturated heterocycles. The smallest absolute Gasteiger partial charge is 0.210 e. The zero-order valence-electron chi connectivity index (χ0n) is 19.0. The summed E-state index contributed by atoms with van der Waals surface area (Å²) in [6.45, 7) is 17.4. The number of aryl methyl sites for hydroxylation is 1. The minimum absolute atomic E-state index is 0.0591. The van der Waals surface area contributed by atoms with E-state index in [0.29, 0.717) is 17.1 Å². The molecular weight excluding hydrogens is 398 g/mol. The molecule has 1 N–H and O–H groups in total. The Morgan fingerprint density at radius 2 is 1.88 bits per heavy atom. The summed E-state index contributed by atoms with van der Waals surface area (Å²) in [5.41, 5.74) is 5.09. The molecule has 7 nitrogen and oxygen atoms in total. The van der Waals surface area contributed by atoms with Gasteiger partial charge >= 0.3 is 0 Å². The molecule has 1 aromatic heterocycles. The van der Waals surface area contributed by atoms with Gasteiger partial charge in [-0.3, -0.25) is 0 Å². The van der Waals surface area contributed by atoms with E-state index in [9.17, 15) is 5.26 Å². The van der Waals surface area contributed by atoms with Gasteiger partial charge in [-0.05, 0) is 62.5 Å². The molecule has 32 heavy (non-hydrogen) atoms. The number of benzene rings is 2. The SMILES string of the molecule is [C-]#[N+]c1cc2c(C)nnc(N[C@H](C)c3cccc(C#N)c3C)c2cc1N1CCN(C)CC1. The van der Waals surface area contributed by atoms with Crippen LogP contribution in [0.5, 0.6) is 0 Å². The number of hydrogen-bond donors (Lipinski definition) is 1. The van der Waals surface area contributed by atoms with Gasteiger partial charge in [0, 0.05) is 37.3 Å². The highest BCUT2D eigenvalue weighted by atomic mass is 15.3. The summed E-state index contributed by atoms with van der Waals surface area (Å²) in [6, 6.07) is 12.0. The predicted octanol–water partition coefficient (Wildman–Crippen LogP) is 4.59. The van der Waals surface area contributed by atoms with E-state index in [2.05, 4.69) is 56.3 Å². The first kappa shape index (κ1) is 21.5. The number of anilines is 2. The molecule has 0 unspecified atom stereocenters. The Hall–Kier alpha value is -3.68. The number of fused-ring (bicyclic) bond motifs is 1. The van der Waals surface area contributed by atoms with Crippen LogP contribution in [0, 0.1) is 31.8 Å². The largest absolute Gasteiger partial charge is 0.378 e. The standard InChI is InChI=1S/C25H27N7/c1-16-19(15-26)7-6-8-20(16)17(2)28-25-22-14-24(32-11-9-31(5)10-12-32)23(27-4)13-21(22)18(3)29-30-25/h6-8,13-14,17H,9-12H2,1-3,5H3,(H,28,30)/t17-/m1/s1. The minimum atomic E-state index is -0.0591. The number of likely N-dealkylation sites (N-methyl/N-ethyl adjacent to an activating group) is 1. The van der Waals surface area contributed by atoms with Gasteiger partial charge in [-0.15, -0.1) is 5.10 Å². The molecule has 1 aliphatic heterocycles. The van der Waals surface area contributed by atoms with Crippen LogP contribution in [-0.4, -0.2) is 48.3 Å². The maximum absolute atomic E-state index is 9.38. The monoisotopic (exact) mass is 425 g/mol. The van der Waals surface area contributed by atoms with Gasteiger partial charge in [0.2, 0.25) is 5.69 Å². The van der Waals surface area contributed by atoms with Crippen molar-refractivity contribution in [2.45, 2.75) is 26.8 Å². The van der Waals surface area contributed by atoms with Crippen LogP contribution in [0.4, 0.5) is 17.2 Å². The summed E-state index contributed by atoms with van der Waals surface area (Å²) >= 11 is 0. The molecular formula is C25H27N7. The molecule has 2 aromatic carbocycles.